The summed E-state index contributed by atoms with van der Waals surface area (Å²) in [6, 6.07) is 0. The lowest BCUT2D eigenvalue weighted by molar-refractivity contribution is -0.143. The molecule has 26 heavy (non-hydrogen) atoms. The molecule has 0 aliphatic carbocycles. The van der Waals surface area contributed by atoms with Gasteiger partial charge >= 0.3 is 0 Å². The fourth-order valence-corrected chi connectivity index (χ4v) is 2.57. The van der Waals surface area contributed by atoms with Crippen molar-refractivity contribution in [2.24, 2.45) is 5.73 Å². The van der Waals surface area contributed by atoms with Crippen molar-refractivity contribution in [1.82, 2.24) is 15.8 Å². The first-order chi connectivity index (χ1) is 12.5. The van der Waals surface area contributed by atoms with Crippen LogP contribution in [0.4, 0.5) is 0 Å². The van der Waals surface area contributed by atoms with Gasteiger partial charge in [-0.3, -0.25) is 19.8 Å². The van der Waals surface area contributed by atoms with E-state index < -0.39 is 5.91 Å². The van der Waals surface area contributed by atoms with E-state index in [0.717, 1.165) is 30.7 Å². The number of amides is 3. The number of carbonyl (C=O) groups excluding carboxylic acids is 3. The molecule has 0 bridgehead atoms. The van der Waals surface area contributed by atoms with E-state index in [1.54, 1.807) is 0 Å². The van der Waals surface area contributed by atoms with Crippen LogP contribution in [0.3, 0.4) is 0 Å². The van der Waals surface area contributed by atoms with Gasteiger partial charge in [-0.15, -0.1) is 0 Å². The maximum atomic E-state index is 12.0. The van der Waals surface area contributed by atoms with Crippen molar-refractivity contribution in [3.8, 4) is 0 Å². The van der Waals surface area contributed by atoms with E-state index in [9.17, 15) is 14.4 Å². The Morgan fingerprint density at radius 2 is 1.38 bits per heavy atom. The molecule has 0 aromatic rings. The lowest BCUT2D eigenvalue weighted by Crippen LogP contribution is -2.52. The molecule has 4 N–H and O–H groups in total. The zero-order valence-electron chi connectivity index (χ0n) is 16.6. The Balaban J connectivity index is 3.95. The van der Waals surface area contributed by atoms with Crippen LogP contribution in [0.5, 0.6) is 0 Å². The predicted octanol–water partition coefficient (Wildman–Crippen LogP) is 2.25. The molecule has 0 fully saturated rings. The third kappa shape index (κ3) is 13.6. The molecular weight excluding hydrogens is 332 g/mol. The van der Waals surface area contributed by atoms with E-state index in [-0.39, 0.29) is 24.9 Å². The van der Waals surface area contributed by atoms with Gasteiger partial charge in [-0.2, -0.15) is 0 Å². The van der Waals surface area contributed by atoms with Crippen LogP contribution < -0.4 is 16.5 Å². The first kappa shape index (κ1) is 24.4. The number of hydrazine groups is 1. The summed E-state index contributed by atoms with van der Waals surface area (Å²) in [5.74, 6) is -1.04. The Bertz CT molecular complexity index is 402. The fraction of sp³-hybridized carbons (Fsp3) is 0.842. The van der Waals surface area contributed by atoms with E-state index in [1.807, 2.05) is 6.92 Å². The van der Waals surface area contributed by atoms with Crippen molar-refractivity contribution in [2.45, 2.75) is 84.5 Å². The number of unbranched alkanes of at least 4 members (excludes halogenated alkanes) is 8. The van der Waals surface area contributed by atoms with E-state index >= 15 is 0 Å². The van der Waals surface area contributed by atoms with Crippen LogP contribution >= 0.6 is 0 Å². The fourth-order valence-electron chi connectivity index (χ4n) is 2.57. The van der Waals surface area contributed by atoms with Gasteiger partial charge in [-0.05, 0) is 12.8 Å². The second-order valence-corrected chi connectivity index (χ2v) is 6.65. The van der Waals surface area contributed by atoms with E-state index in [2.05, 4.69) is 17.7 Å². The normalized spacial score (nSPS) is 10.4. The largest absolute Gasteiger partial charge is 0.355 e. The molecule has 0 unspecified atom stereocenters. The summed E-state index contributed by atoms with van der Waals surface area (Å²) in [7, 11) is 0. The molecule has 0 spiro atoms. The van der Waals surface area contributed by atoms with Crippen molar-refractivity contribution < 1.29 is 14.4 Å². The minimum Gasteiger partial charge on any atom is -0.355 e. The monoisotopic (exact) mass is 370 g/mol. The topological polar surface area (TPSA) is 105 Å². The summed E-state index contributed by atoms with van der Waals surface area (Å²) in [4.78, 5) is 35.5. The molecule has 7 heteroatoms. The lowest BCUT2D eigenvalue weighted by atomic mass is 10.1. The molecule has 0 aromatic heterocycles. The Labute approximate surface area is 158 Å². The molecule has 152 valence electrons. The van der Waals surface area contributed by atoms with Crippen LogP contribution in [0.15, 0.2) is 0 Å². The average molecular weight is 371 g/mol. The van der Waals surface area contributed by atoms with Gasteiger partial charge in [0, 0.05) is 13.0 Å². The van der Waals surface area contributed by atoms with Crippen molar-refractivity contribution in [2.75, 3.05) is 19.6 Å². The Morgan fingerprint density at radius 3 is 1.92 bits per heavy atom. The maximum Gasteiger partial charge on any atom is 0.255 e. The van der Waals surface area contributed by atoms with Gasteiger partial charge in [-0.25, -0.2) is 5.01 Å². The summed E-state index contributed by atoms with van der Waals surface area (Å²) in [5.41, 5.74) is 7.85. The zero-order chi connectivity index (χ0) is 19.6. The molecule has 0 aliphatic heterocycles. The summed E-state index contributed by atoms with van der Waals surface area (Å²) < 4.78 is 0. The molecule has 0 aliphatic rings. The second kappa shape index (κ2) is 16.8. The molecule has 3 amide bonds. The van der Waals surface area contributed by atoms with Crippen molar-refractivity contribution in [3.05, 3.63) is 0 Å². The minimum absolute atomic E-state index is 0.209. The molecule has 0 rings (SSSR count). The lowest BCUT2D eigenvalue weighted by Gasteiger charge is -2.22. The maximum absolute atomic E-state index is 12.0. The molecule has 7 nitrogen and oxygen atoms in total. The number of carbonyl (C=O) groups is 3. The first-order valence-corrected chi connectivity index (χ1v) is 10.1. The van der Waals surface area contributed by atoms with Crippen LogP contribution in [-0.4, -0.2) is 42.4 Å². The highest BCUT2D eigenvalue weighted by molar-refractivity contribution is 5.87. The Hall–Kier alpha value is -1.63. The molecule has 0 saturated heterocycles. The van der Waals surface area contributed by atoms with Gasteiger partial charge in [-0.1, -0.05) is 65.2 Å². The van der Waals surface area contributed by atoms with Crippen LogP contribution in [0.2, 0.25) is 0 Å². The minimum atomic E-state index is -0.475. The van der Waals surface area contributed by atoms with Crippen LogP contribution in [0.25, 0.3) is 0 Å². The Kier molecular flexibility index (Phi) is 15.8. The predicted molar refractivity (Wildman–Crippen MR) is 104 cm³/mol. The zero-order valence-corrected chi connectivity index (χ0v) is 16.6. The van der Waals surface area contributed by atoms with E-state index in [4.69, 9.17) is 5.73 Å². The smallest absolute Gasteiger partial charge is 0.255 e. The summed E-state index contributed by atoms with van der Waals surface area (Å²) in [5, 5.41) is 3.69. The van der Waals surface area contributed by atoms with Gasteiger partial charge in [0.05, 0.1) is 6.54 Å². The van der Waals surface area contributed by atoms with Gasteiger partial charge < -0.3 is 11.1 Å². The number of nitrogens with one attached hydrogen (secondary N) is 2. The number of hydrogen-bond donors (Lipinski definition) is 3. The Morgan fingerprint density at radius 1 is 0.808 bits per heavy atom. The number of hydrogen-bond acceptors (Lipinski definition) is 4. The average Bonchev–Trinajstić information content (AvgIpc) is 2.63. The quantitative estimate of drug-likeness (QED) is 0.304. The number of nitrogens with zero attached hydrogens (tertiary/aromatic N) is 1. The van der Waals surface area contributed by atoms with E-state index in [0.29, 0.717) is 13.0 Å². The molecule has 0 atom stereocenters. The third-order valence-electron chi connectivity index (χ3n) is 4.12. The van der Waals surface area contributed by atoms with Crippen LogP contribution in [-0.2, 0) is 14.4 Å². The SMILES string of the molecule is CCCCCCCCCCCC(=O)NN(CC(=O)NCCC)C(=O)CN. The van der Waals surface area contributed by atoms with Crippen LogP contribution in [0.1, 0.15) is 84.5 Å². The van der Waals surface area contributed by atoms with E-state index in [1.165, 1.54) is 38.5 Å². The van der Waals surface area contributed by atoms with Gasteiger partial charge in [0.2, 0.25) is 11.8 Å². The number of nitrogens with two attached hydrogens (primary N) is 1. The molecule has 0 aromatic carbocycles. The summed E-state index contributed by atoms with van der Waals surface area (Å²) >= 11 is 0. The van der Waals surface area contributed by atoms with Gasteiger partial charge in [0.15, 0.2) is 0 Å². The highest BCUT2D eigenvalue weighted by Crippen LogP contribution is 2.10. The standard InChI is InChI=1S/C19H38N4O3/c1-3-5-6-7-8-9-10-11-12-13-17(24)22-23(19(26)15-20)16-18(25)21-14-4-2/h3-16,20H2,1-2H3,(H,21,25)(H,22,24). The molecule has 0 heterocycles. The highest BCUT2D eigenvalue weighted by Gasteiger charge is 2.17. The second-order valence-electron chi connectivity index (χ2n) is 6.65. The van der Waals surface area contributed by atoms with Crippen LogP contribution in [0, 0.1) is 0 Å². The molecule has 0 radical (unpaired) electrons. The van der Waals surface area contributed by atoms with Crippen molar-refractivity contribution in [1.29, 1.82) is 0 Å². The third-order valence-corrected chi connectivity index (χ3v) is 4.12. The van der Waals surface area contributed by atoms with Gasteiger partial charge in [0.25, 0.3) is 5.91 Å². The molecule has 0 saturated carbocycles. The molecular formula is C19H38N4O3. The number of rotatable bonds is 15. The van der Waals surface area contributed by atoms with Crippen molar-refractivity contribution >= 4 is 17.7 Å². The summed E-state index contributed by atoms with van der Waals surface area (Å²) in [6.07, 6.45) is 11.7. The van der Waals surface area contributed by atoms with Gasteiger partial charge in [0.1, 0.15) is 6.54 Å². The highest BCUT2D eigenvalue weighted by atomic mass is 16.2. The summed E-state index contributed by atoms with van der Waals surface area (Å²) in [6.45, 7) is 4.23. The van der Waals surface area contributed by atoms with Crippen molar-refractivity contribution in [3.63, 3.8) is 0 Å². The first-order valence-electron chi connectivity index (χ1n) is 10.1.